The van der Waals surface area contributed by atoms with E-state index in [2.05, 4.69) is 30.0 Å². The van der Waals surface area contributed by atoms with Crippen LogP contribution >= 0.6 is 0 Å². The number of aryl methyl sites for hydroxylation is 2. The van der Waals surface area contributed by atoms with Gasteiger partial charge in [-0.2, -0.15) is 0 Å². The first-order valence-electron chi connectivity index (χ1n) is 9.18. The van der Waals surface area contributed by atoms with Gasteiger partial charge in [0.1, 0.15) is 0 Å². The van der Waals surface area contributed by atoms with Gasteiger partial charge in [-0.05, 0) is 80.0 Å². The normalized spacial score (nSPS) is 32.7. The first-order chi connectivity index (χ1) is 10.3. The van der Waals surface area contributed by atoms with Crippen LogP contribution in [0.1, 0.15) is 55.7 Å². The quantitative estimate of drug-likeness (QED) is 0.785. The van der Waals surface area contributed by atoms with Crippen LogP contribution in [0.25, 0.3) is 0 Å². The molecule has 1 aliphatic heterocycles. The molecule has 114 valence electrons. The van der Waals surface area contributed by atoms with Crippen molar-refractivity contribution >= 4 is 0 Å². The van der Waals surface area contributed by atoms with E-state index in [9.17, 15) is 0 Å². The van der Waals surface area contributed by atoms with Gasteiger partial charge in [0.2, 0.25) is 0 Å². The molecule has 3 aliphatic rings. The minimum atomic E-state index is 0.931. The molecule has 21 heavy (non-hydrogen) atoms. The van der Waals surface area contributed by atoms with Crippen molar-refractivity contribution in [1.29, 1.82) is 0 Å². The molecule has 0 aromatic heterocycles. The molecule has 0 N–H and O–H groups in total. The van der Waals surface area contributed by atoms with Crippen LogP contribution in [-0.4, -0.2) is 24.0 Å². The smallest absolute Gasteiger partial charge is 0.0126 e. The summed E-state index contributed by atoms with van der Waals surface area (Å²) in [6, 6.07) is 8.17. The van der Waals surface area contributed by atoms with Crippen LogP contribution in [-0.2, 0) is 19.3 Å². The Balaban J connectivity index is 1.48. The van der Waals surface area contributed by atoms with Gasteiger partial charge in [0, 0.05) is 12.6 Å². The van der Waals surface area contributed by atoms with Crippen LogP contribution in [0.2, 0.25) is 0 Å². The number of hydrogen-bond acceptors (Lipinski definition) is 1. The summed E-state index contributed by atoms with van der Waals surface area (Å²) >= 11 is 0. The lowest BCUT2D eigenvalue weighted by molar-refractivity contribution is 0.140. The molecule has 0 amide bonds. The van der Waals surface area contributed by atoms with Crippen LogP contribution < -0.4 is 0 Å². The highest BCUT2D eigenvalue weighted by Gasteiger charge is 2.42. The standard InChI is InChI=1S/C20H29N/c1-2-15-5-7-17-9-11-21(10-3-4-18(17)12-15)20-14-16-6-8-19(20)13-16/h5,7,12,16,19-20H,2-4,6,8-11,13-14H2,1H3. The van der Waals surface area contributed by atoms with Crippen molar-refractivity contribution in [1.82, 2.24) is 4.90 Å². The maximum atomic E-state index is 2.86. The molecule has 0 spiro atoms. The summed E-state index contributed by atoms with van der Waals surface area (Å²) in [5.74, 6) is 2.11. The largest absolute Gasteiger partial charge is 0.300 e. The van der Waals surface area contributed by atoms with Crippen LogP contribution in [0.5, 0.6) is 0 Å². The fourth-order valence-electron chi connectivity index (χ4n) is 5.21. The van der Waals surface area contributed by atoms with Crippen molar-refractivity contribution in [2.75, 3.05) is 13.1 Å². The minimum Gasteiger partial charge on any atom is -0.300 e. The summed E-state index contributed by atoms with van der Waals surface area (Å²) in [5, 5.41) is 0. The molecule has 2 fully saturated rings. The Labute approximate surface area is 129 Å². The van der Waals surface area contributed by atoms with Gasteiger partial charge in [0.15, 0.2) is 0 Å². The SMILES string of the molecule is CCc1ccc2c(c1)CCCN(C1CC3CCC1C3)CC2. The van der Waals surface area contributed by atoms with Gasteiger partial charge in [0.05, 0.1) is 0 Å². The zero-order valence-electron chi connectivity index (χ0n) is 13.5. The molecule has 2 bridgehead atoms. The summed E-state index contributed by atoms with van der Waals surface area (Å²) < 4.78 is 0. The molecule has 0 radical (unpaired) electrons. The molecule has 1 heteroatoms. The van der Waals surface area contributed by atoms with Crippen molar-refractivity contribution in [2.24, 2.45) is 11.8 Å². The van der Waals surface area contributed by atoms with Crippen molar-refractivity contribution in [3.05, 3.63) is 34.9 Å². The number of fused-ring (bicyclic) bond motifs is 3. The minimum absolute atomic E-state index is 0.931. The second-order valence-corrected chi connectivity index (χ2v) is 7.59. The van der Waals surface area contributed by atoms with Crippen molar-refractivity contribution in [2.45, 2.75) is 64.3 Å². The third-order valence-corrected chi connectivity index (χ3v) is 6.41. The van der Waals surface area contributed by atoms with E-state index in [0.717, 1.165) is 17.9 Å². The summed E-state index contributed by atoms with van der Waals surface area (Å²) in [4.78, 5) is 2.86. The molecule has 4 rings (SSSR count). The van der Waals surface area contributed by atoms with Gasteiger partial charge in [-0.25, -0.2) is 0 Å². The molecule has 3 unspecified atom stereocenters. The Bertz CT molecular complexity index is 507. The zero-order chi connectivity index (χ0) is 14.2. The summed E-state index contributed by atoms with van der Waals surface area (Å²) in [6.07, 6.45) is 11.2. The second kappa shape index (κ2) is 5.76. The molecule has 0 saturated heterocycles. The first-order valence-corrected chi connectivity index (χ1v) is 9.18. The summed E-state index contributed by atoms with van der Waals surface area (Å²) in [7, 11) is 0. The third kappa shape index (κ3) is 2.65. The Hall–Kier alpha value is -0.820. The Morgan fingerprint density at radius 3 is 2.76 bits per heavy atom. The van der Waals surface area contributed by atoms with Crippen molar-refractivity contribution in [3.63, 3.8) is 0 Å². The Kier molecular flexibility index (Phi) is 3.79. The maximum absolute atomic E-state index is 2.86. The third-order valence-electron chi connectivity index (χ3n) is 6.41. The number of nitrogens with zero attached hydrogens (tertiary/aromatic N) is 1. The van der Waals surface area contributed by atoms with E-state index in [1.807, 2.05) is 0 Å². The lowest BCUT2D eigenvalue weighted by Crippen LogP contribution is -2.41. The first kappa shape index (κ1) is 13.8. The topological polar surface area (TPSA) is 3.24 Å². The molecule has 1 heterocycles. The van der Waals surface area contributed by atoms with Gasteiger partial charge >= 0.3 is 0 Å². The molecule has 3 atom stereocenters. The van der Waals surface area contributed by atoms with E-state index < -0.39 is 0 Å². The van der Waals surface area contributed by atoms with Crippen LogP contribution in [0, 0.1) is 11.8 Å². The molecular formula is C20H29N. The predicted octanol–water partition coefficient (Wildman–Crippen LogP) is 4.23. The summed E-state index contributed by atoms with van der Waals surface area (Å²) in [6.45, 7) is 4.90. The molecular weight excluding hydrogens is 254 g/mol. The number of rotatable bonds is 2. The highest BCUT2D eigenvalue weighted by Crippen LogP contribution is 2.46. The maximum Gasteiger partial charge on any atom is 0.0126 e. The van der Waals surface area contributed by atoms with E-state index in [1.54, 1.807) is 11.1 Å². The van der Waals surface area contributed by atoms with E-state index in [1.165, 1.54) is 70.0 Å². The highest BCUT2D eigenvalue weighted by molar-refractivity contribution is 5.33. The van der Waals surface area contributed by atoms with Gasteiger partial charge in [-0.15, -0.1) is 0 Å². The van der Waals surface area contributed by atoms with Crippen LogP contribution in [0.3, 0.4) is 0 Å². The lowest BCUT2D eigenvalue weighted by Gasteiger charge is -2.36. The molecule has 2 saturated carbocycles. The van der Waals surface area contributed by atoms with Gasteiger partial charge < -0.3 is 0 Å². The van der Waals surface area contributed by atoms with E-state index in [4.69, 9.17) is 0 Å². The average Bonchev–Trinajstić information content (AvgIpc) is 3.11. The fourth-order valence-corrected chi connectivity index (χ4v) is 5.21. The summed E-state index contributed by atoms with van der Waals surface area (Å²) in [5.41, 5.74) is 4.78. The lowest BCUT2D eigenvalue weighted by atomic mass is 9.91. The van der Waals surface area contributed by atoms with E-state index in [-0.39, 0.29) is 0 Å². The van der Waals surface area contributed by atoms with Gasteiger partial charge in [0.25, 0.3) is 0 Å². The van der Waals surface area contributed by atoms with E-state index in [0.29, 0.717) is 0 Å². The van der Waals surface area contributed by atoms with Crippen LogP contribution in [0.15, 0.2) is 18.2 Å². The highest BCUT2D eigenvalue weighted by atomic mass is 15.2. The van der Waals surface area contributed by atoms with Crippen LogP contribution in [0.4, 0.5) is 0 Å². The molecule has 1 aromatic carbocycles. The number of benzene rings is 1. The second-order valence-electron chi connectivity index (χ2n) is 7.59. The Morgan fingerprint density at radius 1 is 1.05 bits per heavy atom. The number of hydrogen-bond donors (Lipinski definition) is 0. The predicted molar refractivity (Wildman–Crippen MR) is 88.7 cm³/mol. The fraction of sp³-hybridized carbons (Fsp3) is 0.700. The molecule has 2 aliphatic carbocycles. The van der Waals surface area contributed by atoms with Gasteiger partial charge in [-0.3, -0.25) is 4.90 Å². The van der Waals surface area contributed by atoms with Gasteiger partial charge in [-0.1, -0.05) is 31.5 Å². The van der Waals surface area contributed by atoms with E-state index >= 15 is 0 Å². The Morgan fingerprint density at radius 2 is 2.00 bits per heavy atom. The average molecular weight is 283 g/mol. The van der Waals surface area contributed by atoms with Crippen molar-refractivity contribution < 1.29 is 0 Å². The van der Waals surface area contributed by atoms with Crippen molar-refractivity contribution in [3.8, 4) is 0 Å². The zero-order valence-corrected chi connectivity index (χ0v) is 13.5. The molecule has 1 nitrogen and oxygen atoms in total. The monoisotopic (exact) mass is 283 g/mol. The molecule has 1 aromatic rings.